The van der Waals surface area contributed by atoms with Crippen LogP contribution < -0.4 is 10.2 Å². The fraction of sp³-hybridized carbons (Fsp3) is 0.480. The van der Waals surface area contributed by atoms with Gasteiger partial charge < -0.3 is 10.2 Å². The quantitative estimate of drug-likeness (QED) is 0.706. The standard InChI is InChI=1S/C25H30N4O4S/c1-16-4-3-5-23(26-16)27-24(30)18-10-12-28(13-11-18)34(32,33)21-8-9-22-20(15-21)14-17(2)29(22)25(31)19-6-7-19/h3-5,8-9,15,17-19H,6-7,10-14H2,1-2H3,(H,26,27,30)/t17-/m1/s1. The number of amides is 2. The number of aromatic nitrogens is 1. The summed E-state index contributed by atoms with van der Waals surface area (Å²) in [6.07, 6.45) is 3.47. The molecular formula is C25H30N4O4S. The normalized spacial score (nSPS) is 21.4. The summed E-state index contributed by atoms with van der Waals surface area (Å²) >= 11 is 0. The molecule has 9 heteroatoms. The number of hydrogen-bond acceptors (Lipinski definition) is 5. The molecule has 5 rings (SSSR count). The van der Waals surface area contributed by atoms with Crippen molar-refractivity contribution in [3.63, 3.8) is 0 Å². The molecule has 1 atom stereocenters. The predicted octanol–water partition coefficient (Wildman–Crippen LogP) is 3.12. The summed E-state index contributed by atoms with van der Waals surface area (Å²) in [6, 6.07) is 10.6. The van der Waals surface area contributed by atoms with E-state index in [9.17, 15) is 18.0 Å². The van der Waals surface area contributed by atoms with E-state index in [4.69, 9.17) is 0 Å². The Balaban J connectivity index is 1.25. The second kappa shape index (κ2) is 8.78. The Morgan fingerprint density at radius 1 is 1.03 bits per heavy atom. The van der Waals surface area contributed by atoms with Crippen molar-refractivity contribution in [1.29, 1.82) is 0 Å². The molecule has 3 heterocycles. The first kappa shape index (κ1) is 23.0. The average Bonchev–Trinajstić information content (AvgIpc) is 3.60. The minimum Gasteiger partial charge on any atom is -0.310 e. The molecule has 34 heavy (non-hydrogen) atoms. The van der Waals surface area contributed by atoms with Crippen LogP contribution in [0.25, 0.3) is 0 Å². The lowest BCUT2D eigenvalue weighted by atomic mass is 9.97. The second-order valence-electron chi connectivity index (χ2n) is 9.66. The number of carbonyl (C=O) groups is 2. The molecule has 0 unspecified atom stereocenters. The number of anilines is 2. The van der Waals surface area contributed by atoms with Gasteiger partial charge in [-0.3, -0.25) is 9.59 Å². The maximum Gasteiger partial charge on any atom is 0.243 e. The molecule has 2 fully saturated rings. The number of rotatable bonds is 5. The number of sulfonamides is 1. The Hall–Kier alpha value is -2.78. The number of hydrogen-bond donors (Lipinski definition) is 1. The topological polar surface area (TPSA) is 99.7 Å². The van der Waals surface area contributed by atoms with Crippen LogP contribution in [0, 0.1) is 18.8 Å². The van der Waals surface area contributed by atoms with Gasteiger partial charge >= 0.3 is 0 Å². The van der Waals surface area contributed by atoms with Crippen molar-refractivity contribution >= 4 is 33.3 Å². The first-order valence-electron chi connectivity index (χ1n) is 11.9. The first-order valence-corrected chi connectivity index (χ1v) is 13.4. The van der Waals surface area contributed by atoms with Crippen LogP contribution in [0.4, 0.5) is 11.5 Å². The van der Waals surface area contributed by atoms with Gasteiger partial charge in [0.25, 0.3) is 0 Å². The van der Waals surface area contributed by atoms with E-state index in [2.05, 4.69) is 10.3 Å². The van der Waals surface area contributed by atoms with E-state index in [-0.39, 0.29) is 34.6 Å². The van der Waals surface area contributed by atoms with Crippen LogP contribution in [0.2, 0.25) is 0 Å². The molecule has 0 radical (unpaired) electrons. The lowest BCUT2D eigenvalue weighted by Crippen LogP contribution is -2.41. The zero-order valence-corrected chi connectivity index (χ0v) is 20.3. The Morgan fingerprint density at radius 2 is 1.76 bits per heavy atom. The molecule has 1 aromatic heterocycles. The van der Waals surface area contributed by atoms with Crippen molar-refractivity contribution < 1.29 is 18.0 Å². The van der Waals surface area contributed by atoms with Crippen LogP contribution in [0.1, 0.15) is 43.9 Å². The Labute approximate surface area is 200 Å². The van der Waals surface area contributed by atoms with E-state index >= 15 is 0 Å². The molecule has 1 aliphatic carbocycles. The third kappa shape index (κ3) is 4.34. The summed E-state index contributed by atoms with van der Waals surface area (Å²) in [6.45, 7) is 4.46. The Kier molecular flexibility index (Phi) is 5.93. The molecular weight excluding hydrogens is 452 g/mol. The number of nitrogens with zero attached hydrogens (tertiary/aromatic N) is 3. The smallest absolute Gasteiger partial charge is 0.243 e. The van der Waals surface area contributed by atoms with Gasteiger partial charge in [-0.05, 0) is 81.8 Å². The zero-order chi connectivity index (χ0) is 24.0. The number of fused-ring (bicyclic) bond motifs is 1. The van der Waals surface area contributed by atoms with Crippen molar-refractivity contribution in [3.05, 3.63) is 47.7 Å². The molecule has 2 amide bonds. The van der Waals surface area contributed by atoms with Crippen LogP contribution >= 0.6 is 0 Å². The lowest BCUT2D eigenvalue weighted by Gasteiger charge is -2.30. The average molecular weight is 483 g/mol. The fourth-order valence-electron chi connectivity index (χ4n) is 4.98. The number of pyridine rings is 1. The van der Waals surface area contributed by atoms with Gasteiger partial charge in [-0.1, -0.05) is 6.07 Å². The highest BCUT2D eigenvalue weighted by molar-refractivity contribution is 7.89. The number of carbonyl (C=O) groups excluding carboxylic acids is 2. The third-order valence-electron chi connectivity index (χ3n) is 7.03. The van der Waals surface area contributed by atoms with E-state index in [1.54, 1.807) is 24.3 Å². The summed E-state index contributed by atoms with van der Waals surface area (Å²) in [5.41, 5.74) is 2.56. The molecule has 2 aliphatic heterocycles. The Bertz CT molecular complexity index is 1230. The van der Waals surface area contributed by atoms with Crippen molar-refractivity contribution in [3.8, 4) is 0 Å². The molecule has 3 aliphatic rings. The SMILES string of the molecule is Cc1cccc(NC(=O)C2CCN(S(=O)(=O)c3ccc4c(c3)C[C@@H](C)N4C(=O)C3CC3)CC2)n1. The minimum absolute atomic E-state index is 0.0400. The molecule has 1 saturated heterocycles. The van der Waals surface area contributed by atoms with Crippen LogP contribution in [-0.2, 0) is 26.0 Å². The van der Waals surface area contributed by atoms with Gasteiger partial charge in [-0.2, -0.15) is 4.31 Å². The van der Waals surface area contributed by atoms with E-state index in [1.165, 1.54) is 4.31 Å². The maximum absolute atomic E-state index is 13.3. The van der Waals surface area contributed by atoms with Gasteiger partial charge in [0.1, 0.15) is 5.82 Å². The summed E-state index contributed by atoms with van der Waals surface area (Å²) < 4.78 is 28.2. The molecule has 1 saturated carbocycles. The first-order chi connectivity index (χ1) is 16.2. The van der Waals surface area contributed by atoms with Crippen LogP contribution in [0.5, 0.6) is 0 Å². The van der Waals surface area contributed by atoms with Crippen LogP contribution in [0.3, 0.4) is 0 Å². The summed E-state index contributed by atoms with van der Waals surface area (Å²) in [7, 11) is -3.67. The van der Waals surface area contributed by atoms with Crippen molar-refractivity contribution in [2.45, 2.75) is 56.9 Å². The minimum atomic E-state index is -3.67. The largest absolute Gasteiger partial charge is 0.310 e. The van der Waals surface area contributed by atoms with Gasteiger partial charge in [0.15, 0.2) is 0 Å². The summed E-state index contributed by atoms with van der Waals surface area (Å²) in [5.74, 6) is 0.417. The number of piperidine rings is 1. The number of benzene rings is 1. The molecule has 1 N–H and O–H groups in total. The Morgan fingerprint density at radius 3 is 2.44 bits per heavy atom. The molecule has 0 bridgehead atoms. The lowest BCUT2D eigenvalue weighted by molar-refractivity contribution is -0.121. The predicted molar refractivity (Wildman–Crippen MR) is 129 cm³/mol. The molecule has 2 aromatic rings. The molecule has 180 valence electrons. The van der Waals surface area contributed by atoms with E-state index in [1.807, 2.05) is 30.9 Å². The van der Waals surface area contributed by atoms with E-state index in [0.29, 0.717) is 38.2 Å². The highest BCUT2D eigenvalue weighted by Gasteiger charge is 2.40. The van der Waals surface area contributed by atoms with Gasteiger partial charge in [0, 0.05) is 42.3 Å². The van der Waals surface area contributed by atoms with Crippen molar-refractivity contribution in [1.82, 2.24) is 9.29 Å². The summed E-state index contributed by atoms with van der Waals surface area (Å²) in [4.78, 5) is 31.7. The van der Waals surface area contributed by atoms with E-state index in [0.717, 1.165) is 29.8 Å². The van der Waals surface area contributed by atoms with Gasteiger partial charge in [0.05, 0.1) is 4.90 Å². The maximum atomic E-state index is 13.3. The van der Waals surface area contributed by atoms with Crippen molar-refractivity contribution in [2.24, 2.45) is 11.8 Å². The van der Waals surface area contributed by atoms with Gasteiger partial charge in [-0.25, -0.2) is 13.4 Å². The molecule has 8 nitrogen and oxygen atoms in total. The van der Waals surface area contributed by atoms with Crippen LogP contribution in [0.15, 0.2) is 41.3 Å². The van der Waals surface area contributed by atoms with Crippen molar-refractivity contribution in [2.75, 3.05) is 23.3 Å². The van der Waals surface area contributed by atoms with Crippen LogP contribution in [-0.4, -0.2) is 48.7 Å². The molecule has 0 spiro atoms. The highest BCUT2D eigenvalue weighted by atomic mass is 32.2. The summed E-state index contributed by atoms with van der Waals surface area (Å²) in [5, 5.41) is 2.85. The third-order valence-corrected chi connectivity index (χ3v) is 8.93. The number of aryl methyl sites for hydroxylation is 1. The van der Waals surface area contributed by atoms with Gasteiger partial charge in [-0.15, -0.1) is 0 Å². The van der Waals surface area contributed by atoms with E-state index < -0.39 is 10.0 Å². The second-order valence-corrected chi connectivity index (χ2v) is 11.6. The van der Waals surface area contributed by atoms with Gasteiger partial charge in [0.2, 0.25) is 21.8 Å². The number of nitrogens with one attached hydrogen (secondary N) is 1. The fourth-order valence-corrected chi connectivity index (χ4v) is 6.50. The highest BCUT2D eigenvalue weighted by Crippen LogP contribution is 2.40. The molecule has 1 aromatic carbocycles. The zero-order valence-electron chi connectivity index (χ0n) is 19.5. The monoisotopic (exact) mass is 482 g/mol.